The molecule has 2 heteroatoms. The predicted octanol–water partition coefficient (Wildman–Crippen LogP) is 7.28. The van der Waals surface area contributed by atoms with Gasteiger partial charge in [0.2, 0.25) is 0 Å². The largest absolute Gasteiger partial charge is 0.481 e. The van der Waals surface area contributed by atoms with E-state index in [-0.39, 0.29) is 11.3 Å². The van der Waals surface area contributed by atoms with Gasteiger partial charge in [-0.25, -0.2) is 0 Å². The number of aliphatic carboxylic acids is 1. The number of carbonyl (C=O) groups is 1. The van der Waals surface area contributed by atoms with Gasteiger partial charge in [0.05, 0.1) is 5.92 Å². The normalized spacial score (nSPS) is 30.9. The molecule has 2 aliphatic rings. The van der Waals surface area contributed by atoms with E-state index in [1.165, 1.54) is 68.9 Å². The maximum Gasteiger partial charge on any atom is 0.306 e. The van der Waals surface area contributed by atoms with Crippen molar-refractivity contribution in [2.45, 2.75) is 103 Å². The van der Waals surface area contributed by atoms with Crippen LogP contribution in [0.15, 0.2) is 24.3 Å². The molecule has 2 nitrogen and oxygen atoms in total. The number of aryl methyl sites for hydroxylation is 1. The molecule has 0 saturated heterocycles. The van der Waals surface area contributed by atoms with Gasteiger partial charge < -0.3 is 5.11 Å². The highest BCUT2D eigenvalue weighted by Crippen LogP contribution is 2.52. The van der Waals surface area contributed by atoms with Gasteiger partial charge >= 0.3 is 5.97 Å². The van der Waals surface area contributed by atoms with Crippen LogP contribution in [-0.4, -0.2) is 11.1 Å². The minimum Gasteiger partial charge on any atom is -0.481 e. The molecule has 0 aromatic heterocycles. The van der Waals surface area contributed by atoms with Gasteiger partial charge in [-0.2, -0.15) is 0 Å². The van der Waals surface area contributed by atoms with Gasteiger partial charge in [0, 0.05) is 0 Å². The fourth-order valence-corrected chi connectivity index (χ4v) is 6.06. The Balaban J connectivity index is 1.67. The molecule has 0 bridgehead atoms. The van der Waals surface area contributed by atoms with Gasteiger partial charge in [0.15, 0.2) is 0 Å². The van der Waals surface area contributed by atoms with Crippen LogP contribution in [-0.2, 0) is 10.2 Å². The molecule has 1 aromatic rings. The van der Waals surface area contributed by atoms with Crippen molar-refractivity contribution in [3.05, 3.63) is 35.4 Å². The SMILES string of the molecule is CCCCCCC1CCC(C2(c3ccc(C)cc3)CCC(C(=O)O)CC2)CC1. The van der Waals surface area contributed by atoms with Crippen molar-refractivity contribution < 1.29 is 9.90 Å². The van der Waals surface area contributed by atoms with Crippen LogP contribution < -0.4 is 0 Å². The van der Waals surface area contributed by atoms with Gasteiger partial charge in [-0.3, -0.25) is 4.79 Å². The first-order valence-electron chi connectivity index (χ1n) is 11.8. The van der Waals surface area contributed by atoms with E-state index in [2.05, 4.69) is 38.1 Å². The minimum absolute atomic E-state index is 0.131. The average Bonchev–Trinajstić information content (AvgIpc) is 2.72. The van der Waals surface area contributed by atoms with Gasteiger partial charge in [-0.15, -0.1) is 0 Å². The van der Waals surface area contributed by atoms with Crippen LogP contribution >= 0.6 is 0 Å². The van der Waals surface area contributed by atoms with Crippen molar-refractivity contribution >= 4 is 5.97 Å². The van der Waals surface area contributed by atoms with E-state index in [0.29, 0.717) is 0 Å². The van der Waals surface area contributed by atoms with E-state index < -0.39 is 5.97 Å². The molecule has 1 N–H and O–H groups in total. The Morgan fingerprint density at radius 3 is 2.18 bits per heavy atom. The van der Waals surface area contributed by atoms with E-state index in [4.69, 9.17) is 0 Å². The van der Waals surface area contributed by atoms with Crippen molar-refractivity contribution in [2.24, 2.45) is 17.8 Å². The van der Waals surface area contributed by atoms with Crippen LogP contribution in [0, 0.1) is 24.7 Å². The maximum absolute atomic E-state index is 11.5. The number of rotatable bonds is 8. The molecule has 156 valence electrons. The molecule has 28 heavy (non-hydrogen) atoms. The fraction of sp³-hybridized carbons (Fsp3) is 0.731. The highest BCUT2D eigenvalue weighted by atomic mass is 16.4. The van der Waals surface area contributed by atoms with Crippen molar-refractivity contribution in [1.82, 2.24) is 0 Å². The van der Waals surface area contributed by atoms with Crippen LogP contribution in [0.4, 0.5) is 0 Å². The zero-order chi connectivity index (χ0) is 20.0. The lowest BCUT2D eigenvalue weighted by atomic mass is 9.56. The van der Waals surface area contributed by atoms with E-state index in [9.17, 15) is 9.90 Å². The lowest BCUT2D eigenvalue weighted by Crippen LogP contribution is -2.42. The Hall–Kier alpha value is -1.31. The molecule has 1 aromatic carbocycles. The number of carboxylic acid groups (broad SMARTS) is 1. The molecule has 0 amide bonds. The highest BCUT2D eigenvalue weighted by Gasteiger charge is 2.45. The second kappa shape index (κ2) is 9.94. The molecule has 2 aliphatic carbocycles. The van der Waals surface area contributed by atoms with Crippen LogP contribution in [0.25, 0.3) is 0 Å². The Kier molecular flexibility index (Phi) is 7.60. The average molecular weight is 385 g/mol. The number of hydrogen-bond acceptors (Lipinski definition) is 1. The fourth-order valence-electron chi connectivity index (χ4n) is 6.06. The van der Waals surface area contributed by atoms with Crippen molar-refractivity contribution in [2.75, 3.05) is 0 Å². The molecule has 3 rings (SSSR count). The summed E-state index contributed by atoms with van der Waals surface area (Å²) >= 11 is 0. The summed E-state index contributed by atoms with van der Waals surface area (Å²) in [6.45, 7) is 4.44. The molecular formula is C26H40O2. The maximum atomic E-state index is 11.5. The minimum atomic E-state index is -0.590. The Bertz CT molecular complexity index is 602. The van der Waals surface area contributed by atoms with Crippen molar-refractivity contribution in [3.63, 3.8) is 0 Å². The third kappa shape index (κ3) is 4.99. The van der Waals surface area contributed by atoms with Gasteiger partial charge in [-0.1, -0.05) is 81.7 Å². The molecule has 0 aliphatic heterocycles. The second-order valence-electron chi connectivity index (χ2n) is 9.70. The first-order valence-corrected chi connectivity index (χ1v) is 11.8. The van der Waals surface area contributed by atoms with E-state index in [1.807, 2.05) is 0 Å². The third-order valence-electron chi connectivity index (χ3n) is 7.95. The van der Waals surface area contributed by atoms with Gasteiger partial charge in [0.1, 0.15) is 0 Å². The summed E-state index contributed by atoms with van der Waals surface area (Å²) in [5, 5.41) is 9.48. The van der Waals surface area contributed by atoms with E-state index in [1.54, 1.807) is 0 Å². The zero-order valence-electron chi connectivity index (χ0n) is 18.1. The van der Waals surface area contributed by atoms with Crippen LogP contribution in [0.3, 0.4) is 0 Å². The van der Waals surface area contributed by atoms with Crippen LogP contribution in [0.2, 0.25) is 0 Å². The topological polar surface area (TPSA) is 37.3 Å². The van der Waals surface area contributed by atoms with Gasteiger partial charge in [-0.05, 0) is 68.3 Å². The summed E-state index contributed by atoms with van der Waals surface area (Å²) in [5.74, 6) is 0.942. The van der Waals surface area contributed by atoms with Crippen molar-refractivity contribution in [1.29, 1.82) is 0 Å². The highest BCUT2D eigenvalue weighted by molar-refractivity contribution is 5.70. The smallest absolute Gasteiger partial charge is 0.306 e. The zero-order valence-corrected chi connectivity index (χ0v) is 18.1. The Morgan fingerprint density at radius 1 is 0.964 bits per heavy atom. The number of carboxylic acids is 1. The van der Waals surface area contributed by atoms with E-state index >= 15 is 0 Å². The number of unbranched alkanes of at least 4 members (excludes halogenated alkanes) is 3. The van der Waals surface area contributed by atoms with Crippen LogP contribution in [0.1, 0.15) is 102 Å². The molecule has 2 fully saturated rings. The predicted molar refractivity (Wildman–Crippen MR) is 117 cm³/mol. The van der Waals surface area contributed by atoms with Crippen LogP contribution in [0.5, 0.6) is 0 Å². The monoisotopic (exact) mass is 384 g/mol. The Labute approximate surface area is 172 Å². The molecule has 0 atom stereocenters. The lowest BCUT2D eigenvalue weighted by molar-refractivity contribution is -0.143. The summed E-state index contributed by atoms with van der Waals surface area (Å²) in [6.07, 6.45) is 16.2. The summed E-state index contributed by atoms with van der Waals surface area (Å²) in [7, 11) is 0. The van der Waals surface area contributed by atoms with E-state index in [0.717, 1.165) is 37.5 Å². The molecule has 2 saturated carbocycles. The first-order chi connectivity index (χ1) is 13.5. The summed E-state index contributed by atoms with van der Waals surface area (Å²) in [6, 6.07) is 9.18. The Morgan fingerprint density at radius 2 is 1.61 bits per heavy atom. The first kappa shape index (κ1) is 21.4. The molecule has 0 radical (unpaired) electrons. The molecule has 0 heterocycles. The third-order valence-corrected chi connectivity index (χ3v) is 7.95. The molecular weight excluding hydrogens is 344 g/mol. The summed E-state index contributed by atoms with van der Waals surface area (Å²) < 4.78 is 0. The summed E-state index contributed by atoms with van der Waals surface area (Å²) in [4.78, 5) is 11.5. The standard InChI is InChI=1S/C26H40O2/c1-3-4-5-6-7-21-10-14-24(15-11-21)26(23-12-8-20(2)9-13-23)18-16-22(17-19-26)25(27)28/h8-9,12-13,21-22,24H,3-7,10-11,14-19H2,1-2H3,(H,27,28). The molecule has 0 spiro atoms. The lowest BCUT2D eigenvalue weighted by Gasteiger charge is -2.48. The van der Waals surface area contributed by atoms with Crippen molar-refractivity contribution in [3.8, 4) is 0 Å². The second-order valence-corrected chi connectivity index (χ2v) is 9.70. The number of hydrogen-bond donors (Lipinski definition) is 1. The summed E-state index contributed by atoms with van der Waals surface area (Å²) in [5.41, 5.74) is 3.01. The number of benzene rings is 1. The van der Waals surface area contributed by atoms with Gasteiger partial charge in [0.25, 0.3) is 0 Å². The molecule has 0 unspecified atom stereocenters. The quantitative estimate of drug-likeness (QED) is 0.478.